The molecule has 2 heterocycles. The fourth-order valence-electron chi connectivity index (χ4n) is 3.48. The van der Waals surface area contributed by atoms with Crippen molar-refractivity contribution in [2.45, 2.75) is 52.9 Å². The summed E-state index contributed by atoms with van der Waals surface area (Å²) in [4.78, 5) is 4.72. The summed E-state index contributed by atoms with van der Waals surface area (Å²) in [5.74, 6) is 0.432. The molecule has 25 heavy (non-hydrogen) atoms. The molecule has 0 aliphatic heterocycles. The predicted molar refractivity (Wildman–Crippen MR) is 106 cm³/mol. The lowest BCUT2D eigenvalue weighted by molar-refractivity contribution is 0.661. The van der Waals surface area contributed by atoms with Gasteiger partial charge in [0, 0.05) is 22.3 Å². The highest BCUT2D eigenvalue weighted by Gasteiger charge is 2.22. The number of hydrogen-bond acceptors (Lipinski definition) is 2. The first kappa shape index (κ1) is 18.2. The van der Waals surface area contributed by atoms with Crippen LogP contribution in [0.4, 0.5) is 0 Å². The summed E-state index contributed by atoms with van der Waals surface area (Å²) in [5, 5.41) is 6.15. The van der Waals surface area contributed by atoms with E-state index >= 15 is 0 Å². The molecule has 0 fully saturated rings. The number of nitrogens with zero attached hydrogens (tertiary/aromatic N) is 3. The summed E-state index contributed by atoms with van der Waals surface area (Å²) in [5.41, 5.74) is 6.26. The van der Waals surface area contributed by atoms with Gasteiger partial charge < -0.3 is 0 Å². The molecule has 132 valence electrons. The first-order valence-electron chi connectivity index (χ1n) is 8.80. The van der Waals surface area contributed by atoms with E-state index in [0.717, 1.165) is 47.4 Å². The van der Waals surface area contributed by atoms with Crippen LogP contribution in [0.5, 0.6) is 0 Å². The normalized spacial score (nSPS) is 12.7. The number of rotatable bonds is 5. The molecule has 1 atom stereocenters. The van der Waals surface area contributed by atoms with E-state index in [1.165, 1.54) is 5.56 Å². The monoisotopic (exact) mass is 375 g/mol. The van der Waals surface area contributed by atoms with Gasteiger partial charge in [0.25, 0.3) is 0 Å². The molecule has 0 saturated carbocycles. The van der Waals surface area contributed by atoms with Gasteiger partial charge in [0.2, 0.25) is 0 Å². The van der Waals surface area contributed by atoms with Crippen molar-refractivity contribution in [3.8, 4) is 11.3 Å². The van der Waals surface area contributed by atoms with E-state index in [1.54, 1.807) is 6.07 Å². The van der Waals surface area contributed by atoms with Gasteiger partial charge in [0.05, 0.1) is 16.4 Å². The zero-order valence-electron chi connectivity index (χ0n) is 15.1. The molecule has 3 aromatic rings. The maximum atomic E-state index is 6.48. The van der Waals surface area contributed by atoms with Crippen LogP contribution in [0, 0.1) is 6.92 Å². The summed E-state index contributed by atoms with van der Waals surface area (Å²) in [6, 6.07) is 5.59. The van der Waals surface area contributed by atoms with E-state index in [9.17, 15) is 0 Å². The molecule has 0 aliphatic carbocycles. The molecule has 0 bridgehead atoms. The molecule has 0 N–H and O–H groups in total. The topological polar surface area (TPSA) is 30.2 Å². The van der Waals surface area contributed by atoms with Crippen LogP contribution in [0.25, 0.3) is 16.9 Å². The van der Waals surface area contributed by atoms with Crippen LogP contribution in [0.1, 0.15) is 56.4 Å². The summed E-state index contributed by atoms with van der Waals surface area (Å²) in [7, 11) is 0. The van der Waals surface area contributed by atoms with Crippen molar-refractivity contribution >= 4 is 28.8 Å². The summed E-state index contributed by atoms with van der Waals surface area (Å²) in [6.07, 6.45) is 5.07. The van der Waals surface area contributed by atoms with Crippen molar-refractivity contribution in [2.75, 3.05) is 0 Å². The average molecular weight is 376 g/mol. The molecule has 1 unspecified atom stereocenters. The second-order valence-electron chi connectivity index (χ2n) is 6.55. The number of hydrogen-bond donors (Lipinski definition) is 0. The molecule has 0 amide bonds. The zero-order valence-corrected chi connectivity index (χ0v) is 16.6. The smallest absolute Gasteiger partial charge is 0.159 e. The third kappa shape index (κ3) is 3.28. The van der Waals surface area contributed by atoms with Crippen LogP contribution in [0.3, 0.4) is 0 Å². The molecule has 0 aliphatic rings. The van der Waals surface area contributed by atoms with Gasteiger partial charge in [-0.2, -0.15) is 5.10 Å². The van der Waals surface area contributed by atoms with Crippen molar-refractivity contribution in [1.82, 2.24) is 14.6 Å². The van der Waals surface area contributed by atoms with Crippen molar-refractivity contribution in [3.05, 3.63) is 51.3 Å². The van der Waals surface area contributed by atoms with E-state index in [2.05, 4.69) is 20.8 Å². The Morgan fingerprint density at radius 3 is 2.60 bits per heavy atom. The molecular weight excluding hydrogens is 353 g/mol. The maximum Gasteiger partial charge on any atom is 0.159 e. The lowest BCUT2D eigenvalue weighted by Gasteiger charge is -2.12. The third-order valence-corrected chi connectivity index (χ3v) is 5.22. The fourth-order valence-corrected chi connectivity index (χ4v) is 3.98. The van der Waals surface area contributed by atoms with Crippen LogP contribution >= 0.6 is 23.2 Å². The summed E-state index contributed by atoms with van der Waals surface area (Å²) < 4.78 is 1.96. The lowest BCUT2D eigenvalue weighted by atomic mass is 9.95. The van der Waals surface area contributed by atoms with Crippen LogP contribution < -0.4 is 0 Å². The van der Waals surface area contributed by atoms with E-state index < -0.39 is 0 Å². The van der Waals surface area contributed by atoms with Gasteiger partial charge in [0.1, 0.15) is 0 Å². The van der Waals surface area contributed by atoms with Gasteiger partial charge in [-0.1, -0.05) is 50.4 Å². The van der Waals surface area contributed by atoms with Crippen molar-refractivity contribution < 1.29 is 0 Å². The van der Waals surface area contributed by atoms with E-state index in [0.29, 0.717) is 16.0 Å². The molecular formula is C20H23Cl2N3. The number of aromatic nitrogens is 3. The number of aryl methyl sites for hydroxylation is 2. The lowest BCUT2D eigenvalue weighted by Crippen LogP contribution is -2.01. The summed E-state index contributed by atoms with van der Waals surface area (Å²) in [6.45, 7) is 8.65. The zero-order chi connectivity index (χ0) is 18.1. The van der Waals surface area contributed by atoms with Gasteiger partial charge in [-0.15, -0.1) is 0 Å². The van der Waals surface area contributed by atoms with Crippen molar-refractivity contribution in [2.24, 2.45) is 0 Å². The van der Waals surface area contributed by atoms with Crippen LogP contribution in [0.2, 0.25) is 10.0 Å². The van der Waals surface area contributed by atoms with Crippen molar-refractivity contribution in [3.63, 3.8) is 0 Å². The van der Waals surface area contributed by atoms with Gasteiger partial charge >= 0.3 is 0 Å². The second kappa shape index (κ2) is 7.35. The molecule has 2 aromatic heterocycles. The highest BCUT2D eigenvalue weighted by Crippen LogP contribution is 2.35. The Morgan fingerprint density at radius 2 is 1.96 bits per heavy atom. The molecule has 3 nitrogen and oxygen atoms in total. The number of halogens is 2. The Bertz CT molecular complexity index is 915. The van der Waals surface area contributed by atoms with Crippen LogP contribution in [-0.2, 0) is 6.42 Å². The Hall–Kier alpha value is -1.58. The minimum Gasteiger partial charge on any atom is -0.236 e. The Kier molecular flexibility index (Phi) is 5.35. The van der Waals surface area contributed by atoms with Gasteiger partial charge in [0.15, 0.2) is 5.65 Å². The molecule has 5 heteroatoms. The van der Waals surface area contributed by atoms with E-state index in [4.69, 9.17) is 33.3 Å². The van der Waals surface area contributed by atoms with Gasteiger partial charge in [-0.05, 0) is 49.4 Å². The van der Waals surface area contributed by atoms with E-state index in [1.807, 2.05) is 29.8 Å². The molecule has 3 rings (SSSR count). The Balaban J connectivity index is 2.31. The van der Waals surface area contributed by atoms with Gasteiger partial charge in [-0.25, -0.2) is 9.50 Å². The molecule has 0 spiro atoms. The fraction of sp³-hybridized carbons (Fsp3) is 0.400. The minimum absolute atomic E-state index is 0.432. The van der Waals surface area contributed by atoms with Gasteiger partial charge in [-0.3, -0.25) is 0 Å². The first-order valence-corrected chi connectivity index (χ1v) is 9.56. The molecule has 0 saturated heterocycles. The van der Waals surface area contributed by atoms with Crippen molar-refractivity contribution in [1.29, 1.82) is 0 Å². The highest BCUT2D eigenvalue weighted by molar-refractivity contribution is 6.36. The van der Waals surface area contributed by atoms with Crippen LogP contribution in [-0.4, -0.2) is 14.6 Å². The maximum absolute atomic E-state index is 6.48. The highest BCUT2D eigenvalue weighted by atomic mass is 35.5. The quantitative estimate of drug-likeness (QED) is 0.510. The molecule has 0 radical (unpaired) electrons. The standard InChI is InChI=1S/C20H23Cl2N3/c1-5-7-12(3)18-17(6-2)24-25-19(13(4)11-23-20(18)25)15-9-8-14(21)10-16(15)22/h8-12H,5-7H2,1-4H3. The van der Waals surface area contributed by atoms with Crippen LogP contribution in [0.15, 0.2) is 24.4 Å². The van der Waals surface area contributed by atoms with E-state index in [-0.39, 0.29) is 0 Å². The first-order chi connectivity index (χ1) is 12.0. The largest absolute Gasteiger partial charge is 0.236 e. The number of fused-ring (bicyclic) bond motifs is 1. The average Bonchev–Trinajstić information content (AvgIpc) is 2.94. The predicted octanol–water partition coefficient (Wildman–Crippen LogP) is 6.48. The number of benzene rings is 1. The Labute approximate surface area is 159 Å². The Morgan fingerprint density at radius 1 is 1.20 bits per heavy atom. The SMILES string of the molecule is CCCC(C)c1c(CC)nn2c(-c3ccc(Cl)cc3Cl)c(C)cnc12. The third-order valence-electron chi connectivity index (χ3n) is 4.67. The summed E-state index contributed by atoms with van der Waals surface area (Å²) >= 11 is 12.6. The second-order valence-corrected chi connectivity index (χ2v) is 7.40. The molecule has 1 aromatic carbocycles. The minimum atomic E-state index is 0.432.